The second-order valence-electron chi connectivity index (χ2n) is 7.77. The summed E-state index contributed by atoms with van der Waals surface area (Å²) in [5.41, 5.74) is 0. The van der Waals surface area contributed by atoms with Gasteiger partial charge in [0.15, 0.2) is 23.1 Å². The third kappa shape index (κ3) is 5.21. The summed E-state index contributed by atoms with van der Waals surface area (Å²) in [5.74, 6) is -0.318. The Kier molecular flexibility index (Phi) is 8.30. The van der Waals surface area contributed by atoms with Crippen LogP contribution in [0.1, 0.15) is 65.2 Å². The van der Waals surface area contributed by atoms with Crippen LogP contribution in [0.5, 0.6) is 11.5 Å². The van der Waals surface area contributed by atoms with Gasteiger partial charge in [-0.2, -0.15) is 0 Å². The van der Waals surface area contributed by atoms with Crippen LogP contribution in [0, 0.1) is 11.6 Å². The molecule has 4 heteroatoms. The highest BCUT2D eigenvalue weighted by Gasteiger charge is 2.14. The van der Waals surface area contributed by atoms with Gasteiger partial charge in [-0.15, -0.1) is 0 Å². The second kappa shape index (κ2) is 11.1. The van der Waals surface area contributed by atoms with Crippen molar-refractivity contribution in [1.29, 1.82) is 0 Å². The van der Waals surface area contributed by atoms with Crippen LogP contribution in [0.2, 0.25) is 0 Å². The maximum Gasteiger partial charge on any atom is 0.172 e. The van der Waals surface area contributed by atoms with Crippen molar-refractivity contribution in [3.63, 3.8) is 0 Å². The van der Waals surface area contributed by atoms with Crippen molar-refractivity contribution in [2.45, 2.75) is 65.2 Å². The van der Waals surface area contributed by atoms with Gasteiger partial charge in [0.2, 0.25) is 0 Å². The first kappa shape index (κ1) is 22.3. The van der Waals surface area contributed by atoms with Gasteiger partial charge in [-0.1, -0.05) is 64.0 Å². The first-order valence-corrected chi connectivity index (χ1v) is 11.3. The predicted molar refractivity (Wildman–Crippen MR) is 121 cm³/mol. The number of halogens is 2. The standard InChI is InChI=1S/C26H32F2O2/c1-3-5-6-7-8-9-10-11-18-30-24-17-15-20-19-14-16-23(29-4-2)25(27)21(19)12-13-22(20)26(24)28/h12-17H,3-11,18H2,1-2H3. The Hall–Kier alpha value is -2.36. The van der Waals surface area contributed by atoms with Crippen molar-refractivity contribution in [3.05, 3.63) is 48.0 Å². The molecule has 0 aliphatic heterocycles. The Labute approximate surface area is 178 Å². The average Bonchev–Trinajstić information content (AvgIpc) is 2.76. The van der Waals surface area contributed by atoms with E-state index in [9.17, 15) is 4.39 Å². The van der Waals surface area contributed by atoms with E-state index in [0.717, 1.165) is 12.8 Å². The predicted octanol–water partition coefficient (Wildman–Crippen LogP) is 8.19. The fraction of sp³-hybridized carbons (Fsp3) is 0.462. The Balaban J connectivity index is 1.64. The van der Waals surface area contributed by atoms with Crippen molar-refractivity contribution < 1.29 is 18.3 Å². The summed E-state index contributed by atoms with van der Waals surface area (Å²) in [6, 6.07) is 10.1. The molecule has 0 fully saturated rings. The molecule has 0 aromatic heterocycles. The van der Waals surface area contributed by atoms with Crippen molar-refractivity contribution in [2.75, 3.05) is 13.2 Å². The molecular weight excluding hydrogens is 382 g/mol. The van der Waals surface area contributed by atoms with E-state index in [-0.39, 0.29) is 17.3 Å². The van der Waals surface area contributed by atoms with Crippen LogP contribution in [0.25, 0.3) is 21.5 Å². The molecule has 0 amide bonds. The van der Waals surface area contributed by atoms with E-state index in [2.05, 4.69) is 6.92 Å². The molecule has 162 valence electrons. The Morgan fingerprint density at radius 1 is 0.567 bits per heavy atom. The minimum Gasteiger partial charge on any atom is -0.491 e. The van der Waals surface area contributed by atoms with Crippen molar-refractivity contribution in [1.82, 2.24) is 0 Å². The maximum absolute atomic E-state index is 15.0. The molecule has 0 N–H and O–H groups in total. The number of ether oxygens (including phenoxy) is 2. The van der Waals surface area contributed by atoms with Gasteiger partial charge in [0.1, 0.15) is 0 Å². The molecule has 30 heavy (non-hydrogen) atoms. The highest BCUT2D eigenvalue weighted by atomic mass is 19.1. The van der Waals surface area contributed by atoms with Crippen LogP contribution in [0.15, 0.2) is 36.4 Å². The SMILES string of the molecule is CCCCCCCCCCOc1ccc2c(ccc3c(F)c(OCC)ccc32)c1F. The summed E-state index contributed by atoms with van der Waals surface area (Å²) in [4.78, 5) is 0. The Morgan fingerprint density at radius 2 is 1.03 bits per heavy atom. The first-order valence-electron chi connectivity index (χ1n) is 11.3. The summed E-state index contributed by atoms with van der Waals surface area (Å²) in [6.07, 6.45) is 9.70. The third-order valence-electron chi connectivity index (χ3n) is 5.55. The van der Waals surface area contributed by atoms with Gasteiger partial charge in [-0.3, -0.25) is 0 Å². The molecule has 0 heterocycles. The van der Waals surface area contributed by atoms with Gasteiger partial charge in [0.05, 0.1) is 13.2 Å². The lowest BCUT2D eigenvalue weighted by Crippen LogP contribution is -2.00. The monoisotopic (exact) mass is 414 g/mol. The Bertz CT molecular complexity index is 968. The van der Waals surface area contributed by atoms with Gasteiger partial charge in [-0.05, 0) is 48.4 Å². The van der Waals surface area contributed by atoms with E-state index in [1.165, 1.54) is 38.5 Å². The average molecular weight is 415 g/mol. The lowest BCUT2D eigenvalue weighted by atomic mass is 10.0. The minimum atomic E-state index is -0.410. The topological polar surface area (TPSA) is 18.5 Å². The highest BCUT2D eigenvalue weighted by molar-refractivity contribution is 6.08. The Morgan fingerprint density at radius 3 is 1.57 bits per heavy atom. The quantitative estimate of drug-likeness (QED) is 0.220. The van der Waals surface area contributed by atoms with E-state index < -0.39 is 5.82 Å². The normalized spacial score (nSPS) is 11.3. The van der Waals surface area contributed by atoms with Gasteiger partial charge in [0.25, 0.3) is 0 Å². The molecule has 0 unspecified atom stereocenters. The summed E-state index contributed by atoms with van der Waals surface area (Å²) in [6.45, 7) is 4.94. The van der Waals surface area contributed by atoms with Crippen molar-refractivity contribution in [3.8, 4) is 11.5 Å². The molecule has 0 atom stereocenters. The number of hydrogen-bond donors (Lipinski definition) is 0. The summed E-state index contributed by atoms with van der Waals surface area (Å²) >= 11 is 0. The van der Waals surface area contributed by atoms with Crippen molar-refractivity contribution in [2.24, 2.45) is 0 Å². The molecular formula is C26H32F2O2. The van der Waals surface area contributed by atoms with E-state index in [4.69, 9.17) is 9.47 Å². The first-order chi connectivity index (χ1) is 14.7. The number of fused-ring (bicyclic) bond motifs is 3. The van der Waals surface area contributed by atoms with Crippen LogP contribution >= 0.6 is 0 Å². The molecule has 0 saturated carbocycles. The molecule has 3 aromatic carbocycles. The number of benzene rings is 3. The zero-order valence-corrected chi connectivity index (χ0v) is 18.1. The van der Waals surface area contributed by atoms with Crippen LogP contribution < -0.4 is 9.47 Å². The smallest absolute Gasteiger partial charge is 0.172 e. The fourth-order valence-corrected chi connectivity index (χ4v) is 3.90. The van der Waals surface area contributed by atoms with E-state index >= 15 is 4.39 Å². The van der Waals surface area contributed by atoms with E-state index in [0.29, 0.717) is 34.8 Å². The summed E-state index contributed by atoms with van der Waals surface area (Å²) < 4.78 is 40.7. The van der Waals surface area contributed by atoms with Gasteiger partial charge < -0.3 is 9.47 Å². The number of hydrogen-bond acceptors (Lipinski definition) is 2. The molecule has 2 nitrogen and oxygen atoms in total. The highest BCUT2D eigenvalue weighted by Crippen LogP contribution is 2.35. The molecule has 0 spiro atoms. The van der Waals surface area contributed by atoms with E-state index in [1.807, 2.05) is 13.0 Å². The van der Waals surface area contributed by atoms with Gasteiger partial charge >= 0.3 is 0 Å². The molecule has 0 aliphatic rings. The molecule has 3 rings (SSSR count). The molecule has 3 aromatic rings. The largest absolute Gasteiger partial charge is 0.491 e. The molecule has 0 bridgehead atoms. The fourth-order valence-electron chi connectivity index (χ4n) is 3.90. The third-order valence-corrected chi connectivity index (χ3v) is 5.55. The molecule has 0 saturated heterocycles. The number of rotatable bonds is 12. The lowest BCUT2D eigenvalue weighted by molar-refractivity contribution is 0.291. The van der Waals surface area contributed by atoms with Gasteiger partial charge in [-0.25, -0.2) is 8.78 Å². The lowest BCUT2D eigenvalue weighted by Gasteiger charge is -2.12. The van der Waals surface area contributed by atoms with Crippen molar-refractivity contribution >= 4 is 21.5 Å². The zero-order valence-electron chi connectivity index (χ0n) is 18.1. The summed E-state index contributed by atoms with van der Waals surface area (Å²) in [5, 5.41) is 2.22. The van der Waals surface area contributed by atoms with Crippen LogP contribution in [-0.4, -0.2) is 13.2 Å². The molecule has 0 radical (unpaired) electrons. The minimum absolute atomic E-state index is 0.218. The summed E-state index contributed by atoms with van der Waals surface area (Å²) in [7, 11) is 0. The number of unbranched alkanes of at least 4 members (excludes halogenated alkanes) is 7. The maximum atomic E-state index is 15.0. The molecule has 0 aliphatic carbocycles. The second-order valence-corrected chi connectivity index (χ2v) is 7.77. The van der Waals surface area contributed by atoms with Crippen LogP contribution in [-0.2, 0) is 0 Å². The van der Waals surface area contributed by atoms with Crippen LogP contribution in [0.4, 0.5) is 8.78 Å². The van der Waals surface area contributed by atoms with Gasteiger partial charge in [0, 0.05) is 10.8 Å². The zero-order chi connectivity index (χ0) is 21.3. The van der Waals surface area contributed by atoms with Crippen LogP contribution in [0.3, 0.4) is 0 Å². The van der Waals surface area contributed by atoms with E-state index in [1.54, 1.807) is 30.3 Å².